The number of hydrogen-bond donors (Lipinski definition) is 1. The van der Waals surface area contributed by atoms with Gasteiger partial charge >= 0.3 is 0 Å². The lowest BCUT2D eigenvalue weighted by Crippen LogP contribution is -2.24. The van der Waals surface area contributed by atoms with E-state index in [1.165, 1.54) is 11.8 Å². The van der Waals surface area contributed by atoms with Gasteiger partial charge in [-0.1, -0.05) is 30.8 Å². The zero-order valence-corrected chi connectivity index (χ0v) is 20.1. The molecule has 32 heavy (non-hydrogen) atoms. The summed E-state index contributed by atoms with van der Waals surface area (Å²) in [7, 11) is 1.60. The van der Waals surface area contributed by atoms with Gasteiger partial charge in [-0.15, -0.1) is 11.8 Å². The van der Waals surface area contributed by atoms with E-state index in [0.29, 0.717) is 26.7 Å². The van der Waals surface area contributed by atoms with Gasteiger partial charge < -0.3 is 10.1 Å². The number of carbonyl (C=O) groups excluding carboxylic acids is 1. The number of fused-ring (bicyclic) bond motifs is 1. The van der Waals surface area contributed by atoms with Crippen LogP contribution in [0.5, 0.6) is 5.75 Å². The highest BCUT2D eigenvalue weighted by atomic mass is 32.2. The van der Waals surface area contributed by atoms with Crippen molar-refractivity contribution < 1.29 is 9.53 Å². The number of methoxy groups -OCH3 is 1. The average molecular weight is 468 g/mol. The number of hydrogen-bond acceptors (Lipinski definition) is 6. The predicted molar refractivity (Wildman–Crippen MR) is 131 cm³/mol. The Morgan fingerprint density at radius 1 is 1.25 bits per heavy atom. The molecule has 3 aromatic rings. The number of nitrogens with zero attached hydrogens (tertiary/aromatic N) is 2. The Kier molecular flexibility index (Phi) is 6.62. The lowest BCUT2D eigenvalue weighted by Gasteiger charge is -2.14. The fourth-order valence-corrected chi connectivity index (χ4v) is 5.48. The summed E-state index contributed by atoms with van der Waals surface area (Å²) in [6, 6.07) is 13.1. The maximum atomic E-state index is 13.4. The van der Waals surface area contributed by atoms with Crippen LogP contribution in [0.3, 0.4) is 0 Å². The number of rotatable bonds is 6. The number of nitrogens with one attached hydrogen (secondary N) is 1. The minimum absolute atomic E-state index is 0.0908. The van der Waals surface area contributed by atoms with Crippen LogP contribution in [0.4, 0.5) is 5.69 Å². The number of benzene rings is 2. The van der Waals surface area contributed by atoms with Crippen molar-refractivity contribution in [3.8, 4) is 11.4 Å². The molecule has 2 heterocycles. The van der Waals surface area contributed by atoms with E-state index >= 15 is 0 Å². The maximum Gasteiger partial charge on any atom is 0.272 e. The van der Waals surface area contributed by atoms with Crippen LogP contribution in [0.15, 0.2) is 57.3 Å². The van der Waals surface area contributed by atoms with Gasteiger partial charge in [-0.25, -0.2) is 4.98 Å². The summed E-state index contributed by atoms with van der Waals surface area (Å²) in [6.45, 7) is 6.09. The van der Waals surface area contributed by atoms with Gasteiger partial charge in [0.1, 0.15) is 5.75 Å². The fourth-order valence-electron chi connectivity index (χ4n) is 3.56. The molecular formula is C24H25N3O3S2. The molecule has 2 aromatic carbocycles. The van der Waals surface area contributed by atoms with Gasteiger partial charge in [0.15, 0.2) is 5.16 Å². The van der Waals surface area contributed by atoms with Crippen LogP contribution in [0.2, 0.25) is 0 Å². The number of thioether (sulfide) groups is 2. The molecule has 1 atom stereocenters. The van der Waals surface area contributed by atoms with E-state index in [2.05, 4.69) is 12.2 Å². The van der Waals surface area contributed by atoms with Gasteiger partial charge in [-0.3, -0.25) is 14.2 Å². The van der Waals surface area contributed by atoms with Crippen LogP contribution in [-0.2, 0) is 11.2 Å². The van der Waals surface area contributed by atoms with E-state index in [1.54, 1.807) is 23.4 Å². The van der Waals surface area contributed by atoms with Gasteiger partial charge in [0, 0.05) is 17.4 Å². The smallest absolute Gasteiger partial charge is 0.272 e. The second-order valence-electron chi connectivity index (χ2n) is 7.73. The molecule has 1 aliphatic rings. The number of amides is 1. The number of anilines is 1. The van der Waals surface area contributed by atoms with Crippen molar-refractivity contribution in [3.63, 3.8) is 0 Å². The van der Waals surface area contributed by atoms with Crippen molar-refractivity contribution >= 4 is 35.1 Å². The van der Waals surface area contributed by atoms with Gasteiger partial charge in [-0.2, -0.15) is 0 Å². The molecular weight excluding hydrogens is 442 g/mol. The van der Waals surface area contributed by atoms with Crippen LogP contribution < -0.4 is 15.6 Å². The highest BCUT2D eigenvalue weighted by Crippen LogP contribution is 2.35. The first-order valence-corrected chi connectivity index (χ1v) is 12.2. The molecule has 8 heteroatoms. The number of aryl methyl sites for hydroxylation is 1. The Morgan fingerprint density at radius 2 is 2.00 bits per heavy atom. The zero-order chi connectivity index (χ0) is 22.8. The summed E-state index contributed by atoms with van der Waals surface area (Å²) in [5.41, 5.74) is 4.39. The Hall–Kier alpha value is -2.71. The monoisotopic (exact) mass is 467 g/mol. The van der Waals surface area contributed by atoms with Gasteiger partial charge in [-0.05, 0) is 55.3 Å². The summed E-state index contributed by atoms with van der Waals surface area (Å²) in [5, 5.41) is 3.80. The standard InChI is InChI=1S/C24H25N3O3S2/c1-14-6-5-7-19(16(14)3)25-21(28)13-31-24-26-20-12-15(2)32-22(20)23(29)27(24)17-8-10-18(30-4)11-9-17/h5-11,15H,12-13H2,1-4H3,(H,25,28). The predicted octanol–water partition coefficient (Wildman–Crippen LogP) is 4.63. The molecule has 0 saturated heterocycles. The van der Waals surface area contributed by atoms with Crippen LogP contribution in [-0.4, -0.2) is 33.6 Å². The van der Waals surface area contributed by atoms with E-state index in [0.717, 1.165) is 28.9 Å². The highest BCUT2D eigenvalue weighted by Gasteiger charge is 2.27. The van der Waals surface area contributed by atoms with E-state index in [4.69, 9.17) is 9.72 Å². The van der Waals surface area contributed by atoms with Gasteiger partial charge in [0.25, 0.3) is 5.56 Å². The first kappa shape index (κ1) is 22.5. The zero-order valence-electron chi connectivity index (χ0n) is 18.5. The SMILES string of the molecule is COc1ccc(-n2c(SCC(=O)Nc3cccc(C)c3C)nc3c(c2=O)SC(C)C3)cc1. The lowest BCUT2D eigenvalue weighted by molar-refractivity contribution is -0.113. The summed E-state index contributed by atoms with van der Waals surface area (Å²) >= 11 is 2.83. The number of ether oxygens (including phenoxy) is 1. The molecule has 1 unspecified atom stereocenters. The first-order valence-electron chi connectivity index (χ1n) is 10.3. The Bertz CT molecular complexity index is 1220. The van der Waals surface area contributed by atoms with Gasteiger partial charge in [0.05, 0.1) is 29.1 Å². The largest absolute Gasteiger partial charge is 0.497 e. The second-order valence-corrected chi connectivity index (χ2v) is 10.1. The summed E-state index contributed by atoms with van der Waals surface area (Å²) in [6.07, 6.45) is 0.751. The lowest BCUT2D eigenvalue weighted by atomic mass is 10.1. The van der Waals surface area contributed by atoms with Crippen molar-refractivity contribution in [2.75, 3.05) is 18.2 Å². The minimum Gasteiger partial charge on any atom is -0.497 e. The molecule has 1 N–H and O–H groups in total. The molecule has 1 amide bonds. The third-order valence-electron chi connectivity index (χ3n) is 5.42. The maximum absolute atomic E-state index is 13.4. The van der Waals surface area contributed by atoms with Crippen molar-refractivity contribution in [3.05, 3.63) is 69.6 Å². The normalized spacial score (nSPS) is 14.8. The molecule has 4 rings (SSSR count). The fraction of sp³-hybridized carbons (Fsp3) is 0.292. The molecule has 0 bridgehead atoms. The third-order valence-corrected chi connectivity index (χ3v) is 7.58. The highest BCUT2D eigenvalue weighted by molar-refractivity contribution is 8.00. The van der Waals surface area contributed by atoms with Crippen LogP contribution >= 0.6 is 23.5 Å². The van der Waals surface area contributed by atoms with Crippen LogP contribution in [0.1, 0.15) is 23.7 Å². The number of carbonyl (C=O) groups is 1. The van der Waals surface area contributed by atoms with Crippen molar-refractivity contribution in [1.82, 2.24) is 9.55 Å². The molecule has 0 saturated carbocycles. The third kappa shape index (κ3) is 4.56. The molecule has 6 nitrogen and oxygen atoms in total. The van der Waals surface area contributed by atoms with E-state index in [1.807, 2.05) is 56.3 Å². The Morgan fingerprint density at radius 3 is 2.72 bits per heavy atom. The van der Waals surface area contributed by atoms with E-state index < -0.39 is 0 Å². The van der Waals surface area contributed by atoms with E-state index in [-0.39, 0.29) is 17.2 Å². The van der Waals surface area contributed by atoms with Crippen molar-refractivity contribution in [2.24, 2.45) is 0 Å². The summed E-state index contributed by atoms with van der Waals surface area (Å²) in [5.74, 6) is 0.723. The van der Waals surface area contributed by atoms with E-state index in [9.17, 15) is 9.59 Å². The quantitative estimate of drug-likeness (QED) is 0.421. The minimum atomic E-state index is -0.137. The summed E-state index contributed by atoms with van der Waals surface area (Å²) < 4.78 is 6.84. The van der Waals surface area contributed by atoms with Crippen LogP contribution in [0, 0.1) is 13.8 Å². The molecule has 166 valence electrons. The molecule has 0 aliphatic carbocycles. The second kappa shape index (κ2) is 9.42. The molecule has 0 radical (unpaired) electrons. The van der Waals surface area contributed by atoms with Gasteiger partial charge in [0.2, 0.25) is 5.91 Å². The topological polar surface area (TPSA) is 73.2 Å². The Balaban J connectivity index is 1.63. The van der Waals surface area contributed by atoms with Crippen molar-refractivity contribution in [2.45, 2.75) is 42.5 Å². The molecule has 0 fully saturated rings. The molecule has 1 aromatic heterocycles. The summed E-state index contributed by atoms with van der Waals surface area (Å²) in [4.78, 5) is 31.5. The first-order chi connectivity index (χ1) is 15.4. The average Bonchev–Trinajstić information content (AvgIpc) is 3.16. The number of aromatic nitrogens is 2. The van der Waals surface area contributed by atoms with Crippen molar-refractivity contribution in [1.29, 1.82) is 0 Å². The van der Waals surface area contributed by atoms with Crippen LogP contribution in [0.25, 0.3) is 5.69 Å². The Labute approximate surface area is 195 Å². The molecule has 1 aliphatic heterocycles. The molecule has 0 spiro atoms.